The minimum atomic E-state index is -0.526. The monoisotopic (exact) mass is 475 g/mol. The molecule has 0 spiro atoms. The van der Waals surface area contributed by atoms with Crippen molar-refractivity contribution < 1.29 is 18.9 Å². The summed E-state index contributed by atoms with van der Waals surface area (Å²) in [6.45, 7) is -0.205. The van der Waals surface area contributed by atoms with E-state index in [4.69, 9.17) is 20.8 Å². The molecule has 1 N–H and O–H groups in total. The minimum Gasteiger partial charge on any atom is -0.484 e. The van der Waals surface area contributed by atoms with Crippen LogP contribution in [0.3, 0.4) is 0 Å². The van der Waals surface area contributed by atoms with Crippen LogP contribution in [0.15, 0.2) is 94.4 Å². The van der Waals surface area contributed by atoms with Crippen LogP contribution in [0.4, 0.5) is 5.69 Å². The molecule has 0 aliphatic carbocycles. The molecule has 0 fully saturated rings. The zero-order chi connectivity index (χ0) is 23.9. The topological polar surface area (TPSA) is 107 Å². The van der Waals surface area contributed by atoms with Crippen LogP contribution in [0.5, 0.6) is 5.75 Å². The first-order chi connectivity index (χ1) is 16.5. The number of carbonyl (C=O) groups is 1. The van der Waals surface area contributed by atoms with Crippen molar-refractivity contribution in [3.63, 3.8) is 0 Å². The van der Waals surface area contributed by atoms with E-state index < -0.39 is 10.8 Å². The summed E-state index contributed by atoms with van der Waals surface area (Å²) in [7, 11) is 0. The van der Waals surface area contributed by atoms with Crippen LogP contribution in [0.2, 0.25) is 5.02 Å². The lowest BCUT2D eigenvalue weighted by Gasteiger charge is -2.06. The number of amides is 1. The Hall–Kier alpha value is -4.43. The van der Waals surface area contributed by atoms with Gasteiger partial charge in [-0.25, -0.2) is 5.43 Å². The fraction of sp³-hybridized carbons (Fsp3) is 0.0400. The van der Waals surface area contributed by atoms with Crippen LogP contribution < -0.4 is 10.2 Å². The number of halogens is 1. The SMILES string of the molecule is O=C(COc1ccc(-c2ccccc2)cc1)NN=Cc1ccc(-c2ccc([N+](=O)[O-])cc2Cl)o1. The number of nitrogens with one attached hydrogen (secondary N) is 1. The minimum absolute atomic E-state index is 0.112. The zero-order valence-electron chi connectivity index (χ0n) is 17.7. The first kappa shape index (κ1) is 22.8. The summed E-state index contributed by atoms with van der Waals surface area (Å²) in [5.74, 6) is 0.903. The molecule has 4 aromatic rings. The number of nitro groups is 1. The van der Waals surface area contributed by atoms with Gasteiger partial charge in [0.2, 0.25) is 0 Å². The molecule has 8 nitrogen and oxygen atoms in total. The first-order valence-electron chi connectivity index (χ1n) is 10.1. The highest BCUT2D eigenvalue weighted by molar-refractivity contribution is 6.33. The number of non-ortho nitro benzene ring substituents is 1. The second-order valence-corrected chi connectivity index (χ2v) is 7.50. The molecule has 4 rings (SSSR count). The summed E-state index contributed by atoms with van der Waals surface area (Å²) >= 11 is 6.12. The molecule has 0 unspecified atom stereocenters. The van der Waals surface area contributed by atoms with Crippen LogP contribution >= 0.6 is 11.6 Å². The van der Waals surface area contributed by atoms with Gasteiger partial charge in [0.05, 0.1) is 16.2 Å². The van der Waals surface area contributed by atoms with Gasteiger partial charge in [-0.05, 0) is 41.5 Å². The van der Waals surface area contributed by atoms with Crippen molar-refractivity contribution in [2.75, 3.05) is 6.61 Å². The molecule has 0 bridgehead atoms. The molecule has 0 atom stereocenters. The number of hydrogen-bond donors (Lipinski definition) is 1. The molecule has 1 aromatic heterocycles. The number of rotatable bonds is 8. The van der Waals surface area contributed by atoms with Crippen molar-refractivity contribution >= 4 is 29.4 Å². The summed E-state index contributed by atoms with van der Waals surface area (Å²) in [6.07, 6.45) is 1.33. The highest BCUT2D eigenvalue weighted by Crippen LogP contribution is 2.32. The molecule has 1 heterocycles. The Morgan fingerprint density at radius 2 is 1.76 bits per heavy atom. The second kappa shape index (κ2) is 10.5. The van der Waals surface area contributed by atoms with Gasteiger partial charge in [0.15, 0.2) is 6.61 Å². The number of ether oxygens (including phenoxy) is 1. The fourth-order valence-corrected chi connectivity index (χ4v) is 3.38. The summed E-state index contributed by atoms with van der Waals surface area (Å²) in [6, 6.07) is 24.8. The number of hydrogen-bond acceptors (Lipinski definition) is 6. The van der Waals surface area contributed by atoms with Gasteiger partial charge in [0.25, 0.3) is 11.6 Å². The molecule has 0 saturated heterocycles. The maximum absolute atomic E-state index is 12.0. The van der Waals surface area contributed by atoms with E-state index in [9.17, 15) is 14.9 Å². The highest BCUT2D eigenvalue weighted by Gasteiger charge is 2.13. The largest absolute Gasteiger partial charge is 0.484 e. The predicted molar refractivity (Wildman–Crippen MR) is 129 cm³/mol. The van der Waals surface area contributed by atoms with Gasteiger partial charge < -0.3 is 9.15 Å². The molecule has 0 aliphatic rings. The van der Waals surface area contributed by atoms with E-state index in [2.05, 4.69) is 10.5 Å². The Balaban J connectivity index is 1.28. The van der Waals surface area contributed by atoms with Crippen LogP contribution in [0, 0.1) is 10.1 Å². The molecular formula is C25H18ClN3O5. The van der Waals surface area contributed by atoms with Gasteiger partial charge in [-0.1, -0.05) is 54.1 Å². The molecule has 9 heteroatoms. The van der Waals surface area contributed by atoms with Gasteiger partial charge in [-0.2, -0.15) is 5.10 Å². The maximum Gasteiger partial charge on any atom is 0.277 e. The van der Waals surface area contributed by atoms with Crippen molar-refractivity contribution in [2.45, 2.75) is 0 Å². The summed E-state index contributed by atoms with van der Waals surface area (Å²) < 4.78 is 11.1. The molecule has 0 saturated carbocycles. The highest BCUT2D eigenvalue weighted by atomic mass is 35.5. The summed E-state index contributed by atoms with van der Waals surface area (Å²) in [4.78, 5) is 22.3. The van der Waals surface area contributed by atoms with Crippen molar-refractivity contribution in [2.24, 2.45) is 5.10 Å². The first-order valence-corrected chi connectivity index (χ1v) is 10.5. The number of hydrazone groups is 1. The van der Waals surface area contributed by atoms with Crippen molar-refractivity contribution in [1.82, 2.24) is 5.43 Å². The van der Waals surface area contributed by atoms with Gasteiger partial charge in [-0.15, -0.1) is 0 Å². The average molecular weight is 476 g/mol. The Bertz CT molecular complexity index is 1330. The molecule has 0 radical (unpaired) electrons. The van der Waals surface area contributed by atoms with Gasteiger partial charge in [0.1, 0.15) is 17.3 Å². The lowest BCUT2D eigenvalue weighted by atomic mass is 10.1. The molecule has 34 heavy (non-hydrogen) atoms. The average Bonchev–Trinajstić information content (AvgIpc) is 3.32. The van der Waals surface area contributed by atoms with Crippen LogP contribution in [0.25, 0.3) is 22.5 Å². The molecule has 170 valence electrons. The quantitative estimate of drug-likeness (QED) is 0.200. The van der Waals surface area contributed by atoms with E-state index in [1.54, 1.807) is 24.3 Å². The number of carbonyl (C=O) groups excluding carboxylic acids is 1. The standard InChI is InChI=1S/C25H18ClN3O5/c26-23-14-19(29(31)32)8-12-22(23)24-13-11-21(34-24)15-27-28-25(30)16-33-20-9-6-18(7-10-20)17-4-2-1-3-5-17/h1-15H,16H2,(H,28,30). The van der Waals surface area contributed by atoms with E-state index in [0.717, 1.165) is 11.1 Å². The van der Waals surface area contributed by atoms with E-state index in [0.29, 0.717) is 22.8 Å². The van der Waals surface area contributed by atoms with Gasteiger partial charge in [-0.3, -0.25) is 14.9 Å². The van der Waals surface area contributed by atoms with Crippen LogP contribution in [-0.2, 0) is 4.79 Å². The van der Waals surface area contributed by atoms with Gasteiger partial charge >= 0.3 is 0 Å². The Morgan fingerprint density at radius 1 is 1.03 bits per heavy atom. The predicted octanol–water partition coefficient (Wildman–Crippen LogP) is 5.70. The van der Waals surface area contributed by atoms with Crippen LogP contribution in [0.1, 0.15) is 5.76 Å². The molecule has 1 amide bonds. The number of furan rings is 1. The maximum atomic E-state index is 12.0. The Labute approximate surface area is 199 Å². The second-order valence-electron chi connectivity index (χ2n) is 7.10. The number of nitrogens with zero attached hydrogens (tertiary/aromatic N) is 2. The van der Waals surface area contributed by atoms with E-state index >= 15 is 0 Å². The summed E-state index contributed by atoms with van der Waals surface area (Å²) in [5, 5.41) is 14.9. The van der Waals surface area contributed by atoms with Gasteiger partial charge in [0, 0.05) is 17.7 Å². The zero-order valence-corrected chi connectivity index (χ0v) is 18.4. The third-order valence-corrected chi connectivity index (χ3v) is 5.08. The normalized spacial score (nSPS) is 10.9. The summed E-state index contributed by atoms with van der Waals surface area (Å²) in [5.41, 5.74) is 4.90. The third kappa shape index (κ3) is 5.67. The van der Waals surface area contributed by atoms with E-state index in [1.807, 2.05) is 42.5 Å². The lowest BCUT2D eigenvalue weighted by Crippen LogP contribution is -2.24. The molecular weight excluding hydrogens is 458 g/mol. The lowest BCUT2D eigenvalue weighted by molar-refractivity contribution is -0.384. The molecule has 3 aromatic carbocycles. The number of benzene rings is 3. The number of nitro benzene ring substituents is 1. The fourth-order valence-electron chi connectivity index (χ4n) is 3.11. The van der Waals surface area contributed by atoms with Crippen molar-refractivity contribution in [3.8, 4) is 28.2 Å². The Morgan fingerprint density at radius 3 is 2.47 bits per heavy atom. The van der Waals surface area contributed by atoms with Crippen LogP contribution in [-0.4, -0.2) is 23.7 Å². The van der Waals surface area contributed by atoms with Crippen molar-refractivity contribution in [3.05, 3.63) is 106 Å². The third-order valence-electron chi connectivity index (χ3n) is 4.77. The van der Waals surface area contributed by atoms with E-state index in [-0.39, 0.29) is 17.3 Å². The Kier molecular flexibility index (Phi) is 7.00. The molecule has 0 aliphatic heterocycles. The smallest absolute Gasteiger partial charge is 0.277 e. The van der Waals surface area contributed by atoms with Crippen molar-refractivity contribution in [1.29, 1.82) is 0 Å². The van der Waals surface area contributed by atoms with E-state index in [1.165, 1.54) is 24.4 Å².